The standard InChI is InChI=1S/C14H26N4O3S/c1-15-14(18-11-4-2-3-5-11)16-8-6-13(19)17-12-7-9-22(20,21)10-12/h11-12H,2-10H2,1H3,(H,17,19)(H2,15,16,18). The van der Waals surface area contributed by atoms with Gasteiger partial charge in [0, 0.05) is 32.1 Å². The van der Waals surface area contributed by atoms with Crippen LogP contribution in [0.3, 0.4) is 0 Å². The van der Waals surface area contributed by atoms with Crippen molar-refractivity contribution in [2.45, 2.75) is 50.6 Å². The van der Waals surface area contributed by atoms with Gasteiger partial charge in [-0.25, -0.2) is 8.42 Å². The maximum atomic E-state index is 11.8. The molecule has 2 fully saturated rings. The van der Waals surface area contributed by atoms with Crippen LogP contribution in [0.5, 0.6) is 0 Å². The number of sulfone groups is 1. The second kappa shape index (κ2) is 7.80. The van der Waals surface area contributed by atoms with Crippen LogP contribution in [0, 0.1) is 0 Å². The molecule has 8 heteroatoms. The van der Waals surface area contributed by atoms with Crippen LogP contribution < -0.4 is 16.0 Å². The molecule has 126 valence electrons. The Labute approximate surface area is 132 Å². The molecule has 1 heterocycles. The topological polar surface area (TPSA) is 99.7 Å². The van der Waals surface area contributed by atoms with E-state index < -0.39 is 9.84 Å². The zero-order chi connectivity index (χ0) is 16.0. The Morgan fingerprint density at radius 2 is 1.86 bits per heavy atom. The maximum absolute atomic E-state index is 11.8. The summed E-state index contributed by atoms with van der Waals surface area (Å²) in [4.78, 5) is 16.0. The van der Waals surface area contributed by atoms with Crippen molar-refractivity contribution in [3.63, 3.8) is 0 Å². The van der Waals surface area contributed by atoms with Gasteiger partial charge >= 0.3 is 0 Å². The fourth-order valence-electron chi connectivity index (χ4n) is 2.96. The van der Waals surface area contributed by atoms with Gasteiger partial charge in [0.15, 0.2) is 15.8 Å². The van der Waals surface area contributed by atoms with Gasteiger partial charge in [0.2, 0.25) is 5.91 Å². The third kappa shape index (κ3) is 5.47. The summed E-state index contributed by atoms with van der Waals surface area (Å²) < 4.78 is 22.7. The molecule has 1 saturated carbocycles. The van der Waals surface area contributed by atoms with Gasteiger partial charge in [0.05, 0.1) is 11.5 Å². The Morgan fingerprint density at radius 1 is 1.14 bits per heavy atom. The number of aliphatic imine (C=N–C) groups is 1. The Morgan fingerprint density at radius 3 is 2.45 bits per heavy atom. The van der Waals surface area contributed by atoms with Crippen LogP contribution in [-0.2, 0) is 14.6 Å². The number of hydrogen-bond acceptors (Lipinski definition) is 4. The minimum Gasteiger partial charge on any atom is -0.356 e. The van der Waals surface area contributed by atoms with E-state index >= 15 is 0 Å². The first-order valence-corrected chi connectivity index (χ1v) is 9.77. The first-order chi connectivity index (χ1) is 10.5. The molecule has 0 aromatic heterocycles. The molecule has 0 bridgehead atoms. The number of hydrogen-bond donors (Lipinski definition) is 3. The fourth-order valence-corrected chi connectivity index (χ4v) is 4.63. The van der Waals surface area contributed by atoms with E-state index in [2.05, 4.69) is 20.9 Å². The van der Waals surface area contributed by atoms with Crippen molar-refractivity contribution in [3.8, 4) is 0 Å². The average molecular weight is 330 g/mol. The summed E-state index contributed by atoms with van der Waals surface area (Å²) >= 11 is 0. The molecular weight excluding hydrogens is 304 g/mol. The van der Waals surface area contributed by atoms with Crippen LogP contribution >= 0.6 is 0 Å². The maximum Gasteiger partial charge on any atom is 0.222 e. The predicted octanol–water partition coefficient (Wildman–Crippen LogP) is -0.213. The Hall–Kier alpha value is -1.31. The van der Waals surface area contributed by atoms with E-state index in [0.717, 1.165) is 18.8 Å². The molecule has 7 nitrogen and oxygen atoms in total. The van der Waals surface area contributed by atoms with E-state index in [4.69, 9.17) is 0 Å². The van der Waals surface area contributed by atoms with Crippen LogP contribution in [-0.4, -0.2) is 57.5 Å². The van der Waals surface area contributed by atoms with E-state index in [-0.39, 0.29) is 23.5 Å². The number of guanidine groups is 1. The molecule has 1 unspecified atom stereocenters. The van der Waals surface area contributed by atoms with Crippen LogP contribution in [0.15, 0.2) is 4.99 Å². The van der Waals surface area contributed by atoms with E-state index in [0.29, 0.717) is 25.4 Å². The van der Waals surface area contributed by atoms with Gasteiger partial charge in [0.25, 0.3) is 0 Å². The van der Waals surface area contributed by atoms with Gasteiger partial charge in [-0.15, -0.1) is 0 Å². The highest BCUT2D eigenvalue weighted by Crippen LogP contribution is 2.17. The molecule has 1 atom stereocenters. The molecule has 1 aliphatic carbocycles. The summed E-state index contributed by atoms with van der Waals surface area (Å²) in [5, 5.41) is 9.26. The molecule has 22 heavy (non-hydrogen) atoms. The smallest absolute Gasteiger partial charge is 0.222 e. The quantitative estimate of drug-likeness (QED) is 0.478. The van der Waals surface area contributed by atoms with Crippen molar-refractivity contribution in [2.75, 3.05) is 25.1 Å². The molecule has 0 aromatic rings. The normalized spacial score (nSPS) is 25.1. The summed E-state index contributed by atoms with van der Waals surface area (Å²) in [7, 11) is -1.24. The number of nitrogens with one attached hydrogen (secondary N) is 3. The highest BCUT2D eigenvalue weighted by Gasteiger charge is 2.28. The number of amides is 1. The monoisotopic (exact) mass is 330 g/mol. The highest BCUT2D eigenvalue weighted by molar-refractivity contribution is 7.91. The van der Waals surface area contributed by atoms with Gasteiger partial charge in [-0.05, 0) is 19.3 Å². The van der Waals surface area contributed by atoms with Crippen molar-refractivity contribution in [2.24, 2.45) is 4.99 Å². The molecule has 1 aliphatic heterocycles. The van der Waals surface area contributed by atoms with Crippen molar-refractivity contribution < 1.29 is 13.2 Å². The zero-order valence-electron chi connectivity index (χ0n) is 13.1. The van der Waals surface area contributed by atoms with Gasteiger partial charge in [-0.2, -0.15) is 0 Å². The highest BCUT2D eigenvalue weighted by atomic mass is 32.2. The summed E-state index contributed by atoms with van der Waals surface area (Å²) in [6.07, 6.45) is 5.66. The minimum atomic E-state index is -2.95. The van der Waals surface area contributed by atoms with Crippen molar-refractivity contribution in [1.82, 2.24) is 16.0 Å². The molecule has 1 amide bonds. The SMILES string of the molecule is CN=C(NCCC(=O)NC1CCS(=O)(=O)C1)NC1CCCC1. The van der Waals surface area contributed by atoms with Gasteiger partial charge < -0.3 is 16.0 Å². The number of rotatable bonds is 5. The molecule has 3 N–H and O–H groups in total. The molecule has 0 aromatic carbocycles. The average Bonchev–Trinajstić information content (AvgIpc) is 3.07. The largest absolute Gasteiger partial charge is 0.356 e. The molecular formula is C14H26N4O3S. The van der Waals surface area contributed by atoms with Crippen LogP contribution in [0.4, 0.5) is 0 Å². The van der Waals surface area contributed by atoms with Crippen molar-refractivity contribution in [1.29, 1.82) is 0 Å². The Bertz CT molecular complexity index is 512. The van der Waals surface area contributed by atoms with Crippen molar-refractivity contribution >= 4 is 21.7 Å². The van der Waals surface area contributed by atoms with Crippen LogP contribution in [0.2, 0.25) is 0 Å². The van der Waals surface area contributed by atoms with Crippen molar-refractivity contribution in [3.05, 3.63) is 0 Å². The van der Waals surface area contributed by atoms with Crippen LogP contribution in [0.25, 0.3) is 0 Å². The zero-order valence-corrected chi connectivity index (χ0v) is 13.9. The summed E-state index contributed by atoms with van der Waals surface area (Å²) in [6, 6.07) is 0.247. The van der Waals surface area contributed by atoms with Gasteiger partial charge in [-0.1, -0.05) is 12.8 Å². The first kappa shape index (κ1) is 17.1. The summed E-state index contributed by atoms with van der Waals surface area (Å²) in [6.45, 7) is 0.484. The predicted molar refractivity (Wildman–Crippen MR) is 86.6 cm³/mol. The minimum absolute atomic E-state index is 0.0665. The van der Waals surface area contributed by atoms with E-state index in [9.17, 15) is 13.2 Å². The first-order valence-electron chi connectivity index (χ1n) is 7.95. The molecule has 0 spiro atoms. The number of carbonyl (C=O) groups excluding carboxylic acids is 1. The molecule has 2 aliphatic rings. The van der Waals surface area contributed by atoms with Gasteiger partial charge in [0.1, 0.15) is 0 Å². The second-order valence-corrected chi connectivity index (χ2v) is 8.27. The fraction of sp³-hybridized carbons (Fsp3) is 0.857. The van der Waals surface area contributed by atoms with Gasteiger partial charge in [-0.3, -0.25) is 9.79 Å². The summed E-state index contributed by atoms with van der Waals surface area (Å²) in [5.41, 5.74) is 0. The lowest BCUT2D eigenvalue weighted by molar-refractivity contribution is -0.121. The summed E-state index contributed by atoms with van der Waals surface area (Å²) in [5.74, 6) is 0.847. The van der Waals surface area contributed by atoms with E-state index in [1.807, 2.05) is 0 Å². The van der Waals surface area contributed by atoms with E-state index in [1.165, 1.54) is 12.8 Å². The number of nitrogens with zero attached hydrogens (tertiary/aromatic N) is 1. The van der Waals surface area contributed by atoms with Crippen LogP contribution in [0.1, 0.15) is 38.5 Å². The Kier molecular flexibility index (Phi) is 6.05. The molecule has 2 rings (SSSR count). The third-order valence-electron chi connectivity index (χ3n) is 4.16. The lowest BCUT2D eigenvalue weighted by Crippen LogP contribution is -2.44. The second-order valence-electron chi connectivity index (χ2n) is 6.04. The lowest BCUT2D eigenvalue weighted by atomic mass is 10.2. The number of carbonyl (C=O) groups is 1. The Balaban J connectivity index is 1.63. The van der Waals surface area contributed by atoms with E-state index in [1.54, 1.807) is 7.05 Å². The third-order valence-corrected chi connectivity index (χ3v) is 5.93. The molecule has 1 saturated heterocycles. The molecule has 0 radical (unpaired) electrons. The lowest BCUT2D eigenvalue weighted by Gasteiger charge is -2.17.